The number of nitrogens with one attached hydrogen (secondary N) is 2. The van der Waals surface area contributed by atoms with Crippen LogP contribution in [0.1, 0.15) is 53.4 Å². The molecule has 0 saturated heterocycles. The van der Waals surface area contributed by atoms with E-state index in [1.165, 1.54) is 16.7 Å². The van der Waals surface area contributed by atoms with Crippen LogP contribution in [0, 0.1) is 13.8 Å². The third-order valence-corrected chi connectivity index (χ3v) is 4.50. The van der Waals surface area contributed by atoms with Crippen molar-refractivity contribution in [2.45, 2.75) is 40.2 Å². The van der Waals surface area contributed by atoms with Crippen molar-refractivity contribution in [1.29, 1.82) is 0 Å². The second kappa shape index (κ2) is 9.34. The standard InChI is InChI=1S/C21H26N2O2S/c1-5-19(16-11-10-14(3)15(4)12-16)23-21(26)22-18-9-7-8-17(13-18)20(24)25-6-2/h7-13,19H,5-6H2,1-4H3,(H2,22,23,26). The molecule has 4 nitrogen and oxygen atoms in total. The van der Waals surface area contributed by atoms with Crippen LogP contribution >= 0.6 is 12.2 Å². The molecule has 0 aliphatic heterocycles. The number of carbonyl (C=O) groups is 1. The maximum absolute atomic E-state index is 11.9. The predicted octanol–water partition coefficient (Wildman–Crippen LogP) is 4.92. The van der Waals surface area contributed by atoms with Gasteiger partial charge < -0.3 is 15.4 Å². The van der Waals surface area contributed by atoms with Gasteiger partial charge in [-0.05, 0) is 74.3 Å². The van der Waals surface area contributed by atoms with Crippen molar-refractivity contribution >= 4 is 29.0 Å². The fraction of sp³-hybridized carbons (Fsp3) is 0.333. The maximum atomic E-state index is 11.9. The molecule has 0 amide bonds. The Hall–Kier alpha value is -2.40. The number of anilines is 1. The number of thiocarbonyl (C=S) groups is 1. The summed E-state index contributed by atoms with van der Waals surface area (Å²) in [6.45, 7) is 8.48. The number of esters is 1. The zero-order valence-electron chi connectivity index (χ0n) is 15.8. The van der Waals surface area contributed by atoms with Crippen molar-refractivity contribution < 1.29 is 9.53 Å². The summed E-state index contributed by atoms with van der Waals surface area (Å²) in [5.74, 6) is -0.336. The summed E-state index contributed by atoms with van der Waals surface area (Å²) in [4.78, 5) is 11.9. The Bertz CT molecular complexity index is 789. The first-order valence-electron chi connectivity index (χ1n) is 8.86. The Balaban J connectivity index is 2.06. The molecule has 0 radical (unpaired) electrons. The number of hydrogen-bond acceptors (Lipinski definition) is 3. The van der Waals surface area contributed by atoms with Gasteiger partial charge in [-0.15, -0.1) is 0 Å². The molecule has 5 heteroatoms. The number of hydrogen-bond donors (Lipinski definition) is 2. The summed E-state index contributed by atoms with van der Waals surface area (Å²) in [6.07, 6.45) is 0.910. The van der Waals surface area contributed by atoms with Gasteiger partial charge in [0.1, 0.15) is 0 Å². The van der Waals surface area contributed by atoms with Gasteiger partial charge in [0.05, 0.1) is 18.2 Å². The average molecular weight is 371 g/mol. The molecule has 0 fully saturated rings. The number of aryl methyl sites for hydroxylation is 2. The summed E-state index contributed by atoms with van der Waals surface area (Å²) in [7, 11) is 0. The van der Waals surface area contributed by atoms with Gasteiger partial charge in [0.25, 0.3) is 0 Å². The fourth-order valence-electron chi connectivity index (χ4n) is 2.67. The molecule has 2 aromatic rings. The van der Waals surface area contributed by atoms with Crippen LogP contribution in [0.4, 0.5) is 5.69 Å². The van der Waals surface area contributed by atoms with Gasteiger partial charge >= 0.3 is 5.97 Å². The highest BCUT2D eigenvalue weighted by Crippen LogP contribution is 2.20. The minimum atomic E-state index is -0.336. The lowest BCUT2D eigenvalue weighted by atomic mass is 9.99. The number of rotatable bonds is 6. The number of ether oxygens (including phenoxy) is 1. The fourth-order valence-corrected chi connectivity index (χ4v) is 2.93. The SMILES string of the molecule is CCOC(=O)c1cccc(NC(=S)NC(CC)c2ccc(C)c(C)c2)c1. The lowest BCUT2D eigenvalue weighted by Gasteiger charge is -2.21. The third kappa shape index (κ3) is 5.30. The smallest absolute Gasteiger partial charge is 0.338 e. The molecule has 0 saturated carbocycles. The lowest BCUT2D eigenvalue weighted by Crippen LogP contribution is -2.32. The van der Waals surface area contributed by atoms with Crippen LogP contribution < -0.4 is 10.6 Å². The summed E-state index contributed by atoms with van der Waals surface area (Å²) < 4.78 is 5.03. The van der Waals surface area contributed by atoms with Gasteiger partial charge in [-0.1, -0.05) is 31.2 Å². The Kier molecular flexibility index (Phi) is 7.16. The van der Waals surface area contributed by atoms with Gasteiger partial charge in [-0.25, -0.2) is 4.79 Å². The molecular formula is C21H26N2O2S. The summed E-state index contributed by atoms with van der Waals surface area (Å²) >= 11 is 5.46. The van der Waals surface area contributed by atoms with Crippen molar-refractivity contribution in [3.63, 3.8) is 0 Å². The molecule has 0 heterocycles. The molecule has 2 aromatic carbocycles. The van der Waals surface area contributed by atoms with E-state index >= 15 is 0 Å². The lowest BCUT2D eigenvalue weighted by molar-refractivity contribution is 0.0526. The number of carbonyl (C=O) groups excluding carboxylic acids is 1. The van der Waals surface area contributed by atoms with E-state index in [-0.39, 0.29) is 12.0 Å². The Morgan fingerprint density at radius 1 is 1.12 bits per heavy atom. The largest absolute Gasteiger partial charge is 0.462 e. The normalized spacial score (nSPS) is 11.5. The topological polar surface area (TPSA) is 50.4 Å². The zero-order chi connectivity index (χ0) is 19.1. The van der Waals surface area contributed by atoms with E-state index in [0.717, 1.165) is 12.1 Å². The maximum Gasteiger partial charge on any atom is 0.338 e. The first kappa shape index (κ1) is 19.9. The van der Waals surface area contributed by atoms with Crippen LogP contribution in [0.2, 0.25) is 0 Å². The molecule has 0 aliphatic carbocycles. The van der Waals surface area contributed by atoms with Crippen LogP contribution in [-0.4, -0.2) is 17.7 Å². The highest BCUT2D eigenvalue weighted by Gasteiger charge is 2.12. The van der Waals surface area contributed by atoms with Gasteiger partial charge in [0.2, 0.25) is 0 Å². The molecule has 0 bridgehead atoms. The van der Waals surface area contributed by atoms with Crippen molar-refractivity contribution in [2.75, 3.05) is 11.9 Å². The molecular weight excluding hydrogens is 344 g/mol. The molecule has 1 unspecified atom stereocenters. The van der Waals surface area contributed by atoms with E-state index < -0.39 is 0 Å². The van der Waals surface area contributed by atoms with E-state index in [2.05, 4.69) is 49.6 Å². The van der Waals surface area contributed by atoms with E-state index in [0.29, 0.717) is 17.3 Å². The highest BCUT2D eigenvalue weighted by molar-refractivity contribution is 7.80. The molecule has 2 rings (SSSR count). The van der Waals surface area contributed by atoms with E-state index in [1.54, 1.807) is 25.1 Å². The van der Waals surface area contributed by atoms with Gasteiger partial charge in [-0.3, -0.25) is 0 Å². The Morgan fingerprint density at radius 3 is 2.54 bits per heavy atom. The first-order chi connectivity index (χ1) is 12.4. The Labute approximate surface area is 161 Å². The third-order valence-electron chi connectivity index (χ3n) is 4.28. The van der Waals surface area contributed by atoms with E-state index in [4.69, 9.17) is 17.0 Å². The predicted molar refractivity (Wildman–Crippen MR) is 111 cm³/mol. The van der Waals surface area contributed by atoms with Crippen molar-refractivity contribution in [1.82, 2.24) is 5.32 Å². The summed E-state index contributed by atoms with van der Waals surface area (Å²) in [5, 5.41) is 7.03. The van der Waals surface area contributed by atoms with Crippen molar-refractivity contribution in [3.05, 3.63) is 64.7 Å². The van der Waals surface area contributed by atoms with Crippen LogP contribution in [-0.2, 0) is 4.74 Å². The molecule has 1 atom stereocenters. The van der Waals surface area contributed by atoms with Crippen LogP contribution in [0.15, 0.2) is 42.5 Å². The van der Waals surface area contributed by atoms with E-state index in [9.17, 15) is 4.79 Å². The van der Waals surface area contributed by atoms with Crippen molar-refractivity contribution in [2.24, 2.45) is 0 Å². The summed E-state index contributed by atoms with van der Waals surface area (Å²) in [6, 6.07) is 13.7. The van der Waals surface area contributed by atoms with Crippen LogP contribution in [0.3, 0.4) is 0 Å². The summed E-state index contributed by atoms with van der Waals surface area (Å²) in [5.41, 5.74) is 5.01. The molecule has 0 aliphatic rings. The minimum Gasteiger partial charge on any atom is -0.462 e. The van der Waals surface area contributed by atoms with Crippen molar-refractivity contribution in [3.8, 4) is 0 Å². The highest BCUT2D eigenvalue weighted by atomic mass is 32.1. The quantitative estimate of drug-likeness (QED) is 0.558. The monoisotopic (exact) mass is 370 g/mol. The van der Waals surface area contributed by atoms with Gasteiger partial charge in [0, 0.05) is 5.69 Å². The van der Waals surface area contributed by atoms with Crippen LogP contribution in [0.5, 0.6) is 0 Å². The molecule has 138 valence electrons. The second-order valence-electron chi connectivity index (χ2n) is 6.20. The molecule has 26 heavy (non-hydrogen) atoms. The first-order valence-corrected chi connectivity index (χ1v) is 9.27. The molecule has 0 spiro atoms. The zero-order valence-corrected chi connectivity index (χ0v) is 16.6. The number of benzene rings is 2. The minimum absolute atomic E-state index is 0.127. The second-order valence-corrected chi connectivity index (χ2v) is 6.61. The van der Waals surface area contributed by atoms with Crippen LogP contribution in [0.25, 0.3) is 0 Å². The molecule has 2 N–H and O–H groups in total. The van der Waals surface area contributed by atoms with E-state index in [1.807, 2.05) is 6.07 Å². The molecule has 0 aromatic heterocycles. The van der Waals surface area contributed by atoms with Gasteiger partial charge in [0.15, 0.2) is 5.11 Å². The van der Waals surface area contributed by atoms with Gasteiger partial charge in [-0.2, -0.15) is 0 Å². The Morgan fingerprint density at radius 2 is 1.88 bits per heavy atom. The average Bonchev–Trinajstić information content (AvgIpc) is 2.62.